The summed E-state index contributed by atoms with van der Waals surface area (Å²) in [6.45, 7) is 0. The first-order valence-electron chi connectivity index (χ1n) is 3.57. The monoisotopic (exact) mass is 152 g/mol. The Morgan fingerprint density at radius 2 is 1.80 bits per heavy atom. The highest BCUT2D eigenvalue weighted by atomic mass is 35.5. The van der Waals surface area contributed by atoms with Crippen LogP contribution in [-0.4, -0.2) is 5.38 Å². The van der Waals surface area contributed by atoms with Crippen molar-refractivity contribution in [2.45, 2.75) is 17.7 Å². The molecule has 0 heterocycles. The Balaban J connectivity index is 2.20. The molecule has 52 valence electrons. The van der Waals surface area contributed by atoms with Crippen molar-refractivity contribution in [1.29, 1.82) is 0 Å². The van der Waals surface area contributed by atoms with Gasteiger partial charge in [0.25, 0.3) is 0 Å². The topological polar surface area (TPSA) is 0 Å². The van der Waals surface area contributed by atoms with Crippen LogP contribution in [0.25, 0.3) is 0 Å². The summed E-state index contributed by atoms with van der Waals surface area (Å²) < 4.78 is 0. The second-order valence-corrected chi connectivity index (χ2v) is 3.33. The molecule has 0 nitrogen and oxygen atoms in total. The Morgan fingerprint density at radius 1 is 1.20 bits per heavy atom. The molecule has 10 heavy (non-hydrogen) atoms. The molecule has 1 aliphatic carbocycles. The third-order valence-electron chi connectivity index (χ3n) is 1.94. The molecule has 1 heteroatoms. The fourth-order valence-corrected chi connectivity index (χ4v) is 1.55. The summed E-state index contributed by atoms with van der Waals surface area (Å²) >= 11 is 5.89. The van der Waals surface area contributed by atoms with E-state index in [0.29, 0.717) is 11.3 Å². The first-order valence-corrected chi connectivity index (χ1v) is 4.00. The molecule has 0 radical (unpaired) electrons. The van der Waals surface area contributed by atoms with E-state index in [1.807, 2.05) is 6.07 Å². The zero-order chi connectivity index (χ0) is 6.97. The van der Waals surface area contributed by atoms with E-state index < -0.39 is 0 Å². The molecule has 1 aromatic rings. The minimum atomic E-state index is 0.405. The van der Waals surface area contributed by atoms with Crippen molar-refractivity contribution >= 4 is 11.6 Å². The second kappa shape index (κ2) is 2.28. The van der Waals surface area contributed by atoms with Crippen LogP contribution in [0.2, 0.25) is 0 Å². The van der Waals surface area contributed by atoms with Gasteiger partial charge in [-0.1, -0.05) is 30.3 Å². The lowest BCUT2D eigenvalue weighted by molar-refractivity contribution is 1.13. The van der Waals surface area contributed by atoms with Crippen LogP contribution in [0.15, 0.2) is 30.3 Å². The lowest BCUT2D eigenvalue weighted by Gasteiger charge is -1.93. The summed E-state index contributed by atoms with van der Waals surface area (Å²) in [5.41, 5.74) is 1.39. The summed E-state index contributed by atoms with van der Waals surface area (Å²) in [6.07, 6.45) is 1.16. The van der Waals surface area contributed by atoms with Crippen LogP contribution in [0.3, 0.4) is 0 Å². The maximum absolute atomic E-state index is 5.89. The van der Waals surface area contributed by atoms with Crippen molar-refractivity contribution in [3.05, 3.63) is 35.9 Å². The quantitative estimate of drug-likeness (QED) is 0.543. The van der Waals surface area contributed by atoms with E-state index in [9.17, 15) is 0 Å². The molecule has 1 aliphatic rings. The molecule has 2 rings (SSSR count). The first-order chi connectivity index (χ1) is 4.88. The van der Waals surface area contributed by atoms with Crippen LogP contribution in [0, 0.1) is 0 Å². The highest BCUT2D eigenvalue weighted by Crippen LogP contribution is 2.44. The molecular formula is C9H9Cl. The molecule has 0 bridgehead atoms. The van der Waals surface area contributed by atoms with Crippen LogP contribution in [0.1, 0.15) is 17.9 Å². The van der Waals surface area contributed by atoms with Gasteiger partial charge in [-0.15, -0.1) is 11.6 Å². The van der Waals surface area contributed by atoms with E-state index >= 15 is 0 Å². The second-order valence-electron chi connectivity index (χ2n) is 2.77. The number of rotatable bonds is 1. The van der Waals surface area contributed by atoms with Gasteiger partial charge in [-0.05, 0) is 12.0 Å². The zero-order valence-electron chi connectivity index (χ0n) is 5.63. The molecule has 1 fully saturated rings. The fraction of sp³-hybridized carbons (Fsp3) is 0.333. The van der Waals surface area contributed by atoms with Gasteiger partial charge in [0.1, 0.15) is 0 Å². The molecule has 1 saturated carbocycles. The van der Waals surface area contributed by atoms with Gasteiger partial charge in [0.2, 0.25) is 0 Å². The molecule has 1 unspecified atom stereocenters. The van der Waals surface area contributed by atoms with Gasteiger partial charge in [0, 0.05) is 11.3 Å². The molecule has 0 saturated heterocycles. The maximum Gasteiger partial charge on any atom is 0.0411 e. The van der Waals surface area contributed by atoms with Crippen molar-refractivity contribution in [2.75, 3.05) is 0 Å². The Hall–Kier alpha value is -0.490. The molecule has 0 amide bonds. The minimum absolute atomic E-state index is 0.405. The lowest BCUT2D eigenvalue weighted by Crippen LogP contribution is -1.78. The molecule has 0 spiro atoms. The number of benzene rings is 1. The number of halogens is 1. The van der Waals surface area contributed by atoms with Crippen molar-refractivity contribution in [3.63, 3.8) is 0 Å². The minimum Gasteiger partial charge on any atom is -0.122 e. The van der Waals surface area contributed by atoms with E-state index in [1.165, 1.54) is 5.56 Å². The van der Waals surface area contributed by atoms with Crippen molar-refractivity contribution in [3.8, 4) is 0 Å². The molecule has 0 aromatic heterocycles. The molecular weight excluding hydrogens is 144 g/mol. The van der Waals surface area contributed by atoms with Crippen molar-refractivity contribution in [1.82, 2.24) is 0 Å². The Kier molecular flexibility index (Phi) is 1.42. The average molecular weight is 153 g/mol. The summed E-state index contributed by atoms with van der Waals surface area (Å²) in [7, 11) is 0. The smallest absolute Gasteiger partial charge is 0.0411 e. The number of alkyl halides is 1. The molecule has 1 aromatic carbocycles. The van der Waals surface area contributed by atoms with Gasteiger partial charge in [0.15, 0.2) is 0 Å². The standard InChI is InChI=1S/C9H9Cl/c10-9-6-8(9)7-4-2-1-3-5-7/h1-5,8-9H,6H2/t8-,9?/m0/s1. The van der Waals surface area contributed by atoms with Crippen LogP contribution in [-0.2, 0) is 0 Å². The number of hydrogen-bond donors (Lipinski definition) is 0. The van der Waals surface area contributed by atoms with Gasteiger partial charge in [0.05, 0.1) is 0 Å². The summed E-state index contributed by atoms with van der Waals surface area (Å²) in [5.74, 6) is 0.642. The lowest BCUT2D eigenvalue weighted by atomic mass is 10.1. The molecule has 0 N–H and O–H groups in total. The first kappa shape index (κ1) is 6.23. The van der Waals surface area contributed by atoms with E-state index in [0.717, 1.165) is 6.42 Å². The van der Waals surface area contributed by atoms with Gasteiger partial charge in [-0.25, -0.2) is 0 Å². The molecule has 0 aliphatic heterocycles. The van der Waals surface area contributed by atoms with E-state index in [-0.39, 0.29) is 0 Å². The maximum atomic E-state index is 5.89. The third-order valence-corrected chi connectivity index (χ3v) is 2.42. The summed E-state index contributed by atoms with van der Waals surface area (Å²) in [6, 6.07) is 10.5. The van der Waals surface area contributed by atoms with Crippen molar-refractivity contribution in [2.24, 2.45) is 0 Å². The van der Waals surface area contributed by atoms with Crippen LogP contribution >= 0.6 is 11.6 Å². The molecule has 2 atom stereocenters. The highest BCUT2D eigenvalue weighted by Gasteiger charge is 2.35. The Bertz CT molecular complexity index is 217. The summed E-state index contributed by atoms with van der Waals surface area (Å²) in [5, 5.41) is 0.405. The third kappa shape index (κ3) is 1.04. The van der Waals surface area contributed by atoms with Gasteiger partial charge >= 0.3 is 0 Å². The predicted molar refractivity (Wildman–Crippen MR) is 43.4 cm³/mol. The summed E-state index contributed by atoms with van der Waals surface area (Å²) in [4.78, 5) is 0. The normalized spacial score (nSPS) is 30.1. The number of hydrogen-bond acceptors (Lipinski definition) is 0. The van der Waals surface area contributed by atoms with Gasteiger partial charge < -0.3 is 0 Å². The average Bonchev–Trinajstić information content (AvgIpc) is 2.69. The largest absolute Gasteiger partial charge is 0.122 e. The Morgan fingerprint density at radius 3 is 2.30 bits per heavy atom. The van der Waals surface area contributed by atoms with Gasteiger partial charge in [-0.3, -0.25) is 0 Å². The van der Waals surface area contributed by atoms with E-state index in [1.54, 1.807) is 0 Å². The van der Waals surface area contributed by atoms with E-state index in [4.69, 9.17) is 11.6 Å². The van der Waals surface area contributed by atoms with Crippen molar-refractivity contribution < 1.29 is 0 Å². The van der Waals surface area contributed by atoms with Crippen LogP contribution in [0.5, 0.6) is 0 Å². The highest BCUT2D eigenvalue weighted by molar-refractivity contribution is 6.23. The van der Waals surface area contributed by atoms with Crippen LogP contribution < -0.4 is 0 Å². The van der Waals surface area contributed by atoms with Crippen LogP contribution in [0.4, 0.5) is 0 Å². The zero-order valence-corrected chi connectivity index (χ0v) is 6.38. The van der Waals surface area contributed by atoms with E-state index in [2.05, 4.69) is 24.3 Å². The van der Waals surface area contributed by atoms with Gasteiger partial charge in [-0.2, -0.15) is 0 Å². The Labute approximate surface area is 65.8 Å². The fourth-order valence-electron chi connectivity index (χ4n) is 1.21. The predicted octanol–water partition coefficient (Wildman–Crippen LogP) is 2.78. The SMILES string of the molecule is ClC1C[C@H]1c1ccccc1.